The van der Waals surface area contributed by atoms with Gasteiger partial charge in [-0.1, -0.05) is 6.07 Å². The van der Waals surface area contributed by atoms with E-state index in [1.807, 2.05) is 31.3 Å². The molecule has 1 saturated heterocycles. The van der Waals surface area contributed by atoms with Gasteiger partial charge in [-0.05, 0) is 63.3 Å². The number of benzene rings is 1. The van der Waals surface area contributed by atoms with E-state index in [9.17, 15) is 4.79 Å². The first-order valence-electron chi connectivity index (χ1n) is 7.99. The fourth-order valence-electron chi connectivity index (χ4n) is 2.93. The molecule has 3 rings (SSSR count). The average molecular weight is 297 g/mol. The summed E-state index contributed by atoms with van der Waals surface area (Å²) in [4.78, 5) is 15.0. The molecule has 1 amide bonds. The summed E-state index contributed by atoms with van der Waals surface area (Å²) in [6.07, 6.45) is 5.70. The molecule has 0 unspecified atom stereocenters. The number of hydrogen-bond donors (Lipinski definition) is 0. The van der Waals surface area contributed by atoms with Gasteiger partial charge in [-0.25, -0.2) is 0 Å². The van der Waals surface area contributed by atoms with Gasteiger partial charge in [0, 0.05) is 19.3 Å². The smallest absolute Gasteiger partial charge is 0.282 e. The molecule has 116 valence electrons. The van der Waals surface area contributed by atoms with Crippen LogP contribution in [-0.4, -0.2) is 29.6 Å². The Bertz CT molecular complexity index is 654. The number of nitrogens with zero attached hydrogens (tertiary/aromatic N) is 3. The van der Waals surface area contributed by atoms with Crippen molar-refractivity contribution in [2.45, 2.75) is 40.0 Å². The van der Waals surface area contributed by atoms with E-state index in [0.29, 0.717) is 0 Å². The SMILES string of the molecule is CC1=NN(c2ccc(C)c(C)c2)C(=O)/C1=C\N1CCCCC1. The van der Waals surface area contributed by atoms with Crippen LogP contribution in [-0.2, 0) is 4.79 Å². The summed E-state index contributed by atoms with van der Waals surface area (Å²) in [5, 5.41) is 5.99. The highest BCUT2D eigenvalue weighted by Crippen LogP contribution is 2.26. The van der Waals surface area contributed by atoms with Crippen molar-refractivity contribution in [1.82, 2.24) is 4.90 Å². The van der Waals surface area contributed by atoms with Crippen molar-refractivity contribution >= 4 is 17.3 Å². The van der Waals surface area contributed by atoms with Crippen LogP contribution in [0.15, 0.2) is 35.1 Å². The molecule has 4 heteroatoms. The molecule has 2 aliphatic rings. The zero-order valence-electron chi connectivity index (χ0n) is 13.6. The van der Waals surface area contributed by atoms with Crippen LogP contribution >= 0.6 is 0 Å². The first kappa shape index (κ1) is 14.8. The zero-order chi connectivity index (χ0) is 15.7. The largest absolute Gasteiger partial charge is 0.377 e. The van der Waals surface area contributed by atoms with E-state index in [2.05, 4.69) is 23.8 Å². The van der Waals surface area contributed by atoms with Gasteiger partial charge in [-0.15, -0.1) is 0 Å². The molecular weight excluding hydrogens is 274 g/mol. The fraction of sp³-hybridized carbons (Fsp3) is 0.444. The molecule has 2 heterocycles. The predicted octanol–water partition coefficient (Wildman–Crippen LogP) is 3.40. The van der Waals surface area contributed by atoms with Crippen LogP contribution < -0.4 is 5.01 Å². The van der Waals surface area contributed by atoms with Crippen LogP contribution in [0.2, 0.25) is 0 Å². The molecule has 0 bridgehead atoms. The molecule has 22 heavy (non-hydrogen) atoms. The highest BCUT2D eigenvalue weighted by atomic mass is 16.2. The molecular formula is C18H23N3O. The fourth-order valence-corrected chi connectivity index (χ4v) is 2.93. The highest BCUT2D eigenvalue weighted by Gasteiger charge is 2.29. The monoisotopic (exact) mass is 297 g/mol. The van der Waals surface area contributed by atoms with Crippen LogP contribution in [0.4, 0.5) is 5.69 Å². The first-order chi connectivity index (χ1) is 10.6. The maximum absolute atomic E-state index is 12.7. The molecule has 0 aliphatic carbocycles. The Kier molecular flexibility index (Phi) is 4.01. The normalized spacial score (nSPS) is 20.8. The van der Waals surface area contributed by atoms with E-state index >= 15 is 0 Å². The van der Waals surface area contributed by atoms with Crippen molar-refractivity contribution in [1.29, 1.82) is 0 Å². The Labute approximate surface area is 132 Å². The van der Waals surface area contributed by atoms with Crippen LogP contribution in [0.5, 0.6) is 0 Å². The van der Waals surface area contributed by atoms with Gasteiger partial charge in [0.05, 0.1) is 17.0 Å². The Hall–Kier alpha value is -2.10. The minimum absolute atomic E-state index is 0.0219. The van der Waals surface area contributed by atoms with Gasteiger partial charge in [-0.3, -0.25) is 4.79 Å². The summed E-state index contributed by atoms with van der Waals surface area (Å²) in [5.41, 5.74) is 4.76. The Morgan fingerprint density at radius 2 is 1.77 bits per heavy atom. The van der Waals surface area contributed by atoms with E-state index in [-0.39, 0.29) is 5.91 Å². The van der Waals surface area contributed by atoms with Crippen molar-refractivity contribution in [2.24, 2.45) is 5.10 Å². The van der Waals surface area contributed by atoms with E-state index in [1.165, 1.54) is 35.4 Å². The van der Waals surface area contributed by atoms with E-state index in [1.54, 1.807) is 0 Å². The summed E-state index contributed by atoms with van der Waals surface area (Å²) in [6, 6.07) is 6.02. The van der Waals surface area contributed by atoms with Crippen LogP contribution in [0.25, 0.3) is 0 Å². The standard InChI is InChI=1S/C18H23N3O/c1-13-7-8-16(11-14(13)2)21-18(22)17(15(3)19-21)12-20-9-5-4-6-10-20/h7-8,11-12H,4-6,9-10H2,1-3H3/b17-12-. The second kappa shape index (κ2) is 5.95. The number of anilines is 1. The summed E-state index contributed by atoms with van der Waals surface area (Å²) < 4.78 is 0. The molecule has 0 atom stereocenters. The maximum Gasteiger partial charge on any atom is 0.282 e. The van der Waals surface area contributed by atoms with Crippen molar-refractivity contribution < 1.29 is 4.79 Å². The van der Waals surface area contributed by atoms with E-state index in [0.717, 1.165) is 30.1 Å². The lowest BCUT2D eigenvalue weighted by molar-refractivity contribution is -0.114. The third-order valence-electron chi connectivity index (χ3n) is 4.50. The van der Waals surface area contributed by atoms with Gasteiger partial charge in [0.2, 0.25) is 0 Å². The Morgan fingerprint density at radius 1 is 1.05 bits per heavy atom. The van der Waals surface area contributed by atoms with Crippen molar-refractivity contribution in [2.75, 3.05) is 18.1 Å². The number of carbonyl (C=O) groups is 1. The van der Waals surface area contributed by atoms with Crippen molar-refractivity contribution in [3.63, 3.8) is 0 Å². The van der Waals surface area contributed by atoms with Crippen molar-refractivity contribution in [3.8, 4) is 0 Å². The molecule has 0 N–H and O–H groups in total. The molecule has 2 aliphatic heterocycles. The highest BCUT2D eigenvalue weighted by molar-refractivity contribution is 6.29. The van der Waals surface area contributed by atoms with Gasteiger partial charge >= 0.3 is 0 Å². The molecule has 4 nitrogen and oxygen atoms in total. The Morgan fingerprint density at radius 3 is 2.45 bits per heavy atom. The topological polar surface area (TPSA) is 35.9 Å². The number of likely N-dealkylation sites (tertiary alicyclic amines) is 1. The number of aryl methyl sites for hydroxylation is 2. The van der Waals surface area contributed by atoms with Crippen LogP contribution in [0.3, 0.4) is 0 Å². The quantitative estimate of drug-likeness (QED) is 0.784. The van der Waals surface area contributed by atoms with Gasteiger partial charge in [0.25, 0.3) is 5.91 Å². The summed E-state index contributed by atoms with van der Waals surface area (Å²) in [7, 11) is 0. The number of carbonyl (C=O) groups excluding carboxylic acids is 1. The lowest BCUT2D eigenvalue weighted by Gasteiger charge is -2.25. The molecule has 0 aromatic heterocycles. The number of rotatable bonds is 2. The molecule has 0 radical (unpaired) electrons. The first-order valence-corrected chi connectivity index (χ1v) is 7.99. The molecule has 1 aromatic rings. The van der Waals surface area contributed by atoms with Gasteiger partial charge in [0.15, 0.2) is 0 Å². The van der Waals surface area contributed by atoms with E-state index < -0.39 is 0 Å². The minimum atomic E-state index is -0.0219. The number of hydrazone groups is 1. The van der Waals surface area contributed by atoms with Crippen LogP contribution in [0.1, 0.15) is 37.3 Å². The molecule has 1 fully saturated rings. The molecule has 0 spiro atoms. The third kappa shape index (κ3) is 2.78. The second-order valence-electron chi connectivity index (χ2n) is 6.21. The average Bonchev–Trinajstić information content (AvgIpc) is 2.79. The van der Waals surface area contributed by atoms with E-state index in [4.69, 9.17) is 0 Å². The third-order valence-corrected chi connectivity index (χ3v) is 4.50. The summed E-state index contributed by atoms with van der Waals surface area (Å²) in [5.74, 6) is -0.0219. The number of amides is 1. The second-order valence-corrected chi connectivity index (χ2v) is 6.21. The maximum atomic E-state index is 12.7. The van der Waals surface area contributed by atoms with Crippen LogP contribution in [0, 0.1) is 13.8 Å². The van der Waals surface area contributed by atoms with Crippen molar-refractivity contribution in [3.05, 3.63) is 41.1 Å². The number of hydrogen-bond acceptors (Lipinski definition) is 3. The predicted molar refractivity (Wildman–Crippen MR) is 90.0 cm³/mol. The molecule has 0 saturated carbocycles. The van der Waals surface area contributed by atoms with Gasteiger partial charge < -0.3 is 4.90 Å². The molecule has 1 aromatic carbocycles. The zero-order valence-corrected chi connectivity index (χ0v) is 13.6. The Balaban J connectivity index is 1.85. The lowest BCUT2D eigenvalue weighted by atomic mass is 10.1. The summed E-state index contributed by atoms with van der Waals surface area (Å²) >= 11 is 0. The van der Waals surface area contributed by atoms with Gasteiger partial charge in [-0.2, -0.15) is 10.1 Å². The summed E-state index contributed by atoms with van der Waals surface area (Å²) in [6.45, 7) is 8.11. The lowest BCUT2D eigenvalue weighted by Crippen LogP contribution is -2.27. The van der Waals surface area contributed by atoms with Gasteiger partial charge in [0.1, 0.15) is 0 Å². The minimum Gasteiger partial charge on any atom is -0.377 e. The number of piperidine rings is 1.